The molecule has 140 valence electrons. The maximum Gasteiger partial charge on any atom is 0.321 e. The first-order valence-electron chi connectivity index (χ1n) is 7.92. The molecule has 0 atom stereocenters. The fraction of sp³-hybridized carbons (Fsp3) is 0.312. The molecule has 1 aromatic heterocycles. The minimum Gasteiger partial charge on any atom is -0.324 e. The predicted molar refractivity (Wildman–Crippen MR) is 105 cm³/mol. The summed E-state index contributed by atoms with van der Waals surface area (Å²) in [7, 11) is -3.49. The number of nitrogens with one attached hydrogen (secondary N) is 2. The van der Waals surface area contributed by atoms with E-state index in [9.17, 15) is 13.2 Å². The summed E-state index contributed by atoms with van der Waals surface area (Å²) in [6.45, 7) is 0.926. The SMILES string of the molecule is O=C(Nc1ccc(Cl)c(Cl)c1)N1CCC(NS(=O)(=O)c2cccs2)CC1. The second kappa shape index (κ2) is 8.14. The molecule has 0 spiro atoms. The first-order chi connectivity index (χ1) is 12.3. The van der Waals surface area contributed by atoms with Gasteiger partial charge in [-0.25, -0.2) is 17.9 Å². The molecular weight excluding hydrogens is 417 g/mol. The lowest BCUT2D eigenvalue weighted by molar-refractivity contribution is 0.193. The van der Waals surface area contributed by atoms with Gasteiger partial charge in [-0.3, -0.25) is 0 Å². The Balaban J connectivity index is 1.53. The Bertz CT molecular complexity index is 880. The van der Waals surface area contributed by atoms with Crippen molar-refractivity contribution in [2.75, 3.05) is 18.4 Å². The second-order valence-corrected chi connectivity index (χ2v) is 9.58. The Morgan fingerprint density at radius 1 is 1.15 bits per heavy atom. The number of halogens is 2. The van der Waals surface area contributed by atoms with Gasteiger partial charge in [0, 0.05) is 24.8 Å². The molecule has 26 heavy (non-hydrogen) atoms. The average Bonchev–Trinajstić information content (AvgIpc) is 3.14. The lowest BCUT2D eigenvalue weighted by Gasteiger charge is -2.32. The van der Waals surface area contributed by atoms with Crippen molar-refractivity contribution in [2.45, 2.75) is 23.1 Å². The molecule has 1 aliphatic heterocycles. The van der Waals surface area contributed by atoms with Crippen LogP contribution in [0, 0.1) is 0 Å². The standard InChI is InChI=1S/C16H17Cl2N3O3S2/c17-13-4-3-12(10-14(13)18)19-16(22)21-7-5-11(6-8-21)20-26(23,24)15-2-1-9-25-15/h1-4,9-11,20H,5-8H2,(H,19,22). The van der Waals surface area contributed by atoms with E-state index in [0.29, 0.717) is 45.9 Å². The van der Waals surface area contributed by atoms with Crippen LogP contribution in [0.4, 0.5) is 10.5 Å². The van der Waals surface area contributed by atoms with Crippen molar-refractivity contribution >= 4 is 56.3 Å². The van der Waals surface area contributed by atoms with Crippen molar-refractivity contribution in [3.63, 3.8) is 0 Å². The number of piperidine rings is 1. The summed E-state index contributed by atoms with van der Waals surface area (Å²) >= 11 is 13.0. The quantitative estimate of drug-likeness (QED) is 0.763. The van der Waals surface area contributed by atoms with E-state index >= 15 is 0 Å². The van der Waals surface area contributed by atoms with Crippen LogP contribution in [0.3, 0.4) is 0 Å². The molecule has 0 unspecified atom stereocenters. The molecule has 10 heteroatoms. The molecule has 3 rings (SSSR count). The Kier molecular flexibility index (Phi) is 6.09. The van der Waals surface area contributed by atoms with Crippen LogP contribution in [0.5, 0.6) is 0 Å². The minimum atomic E-state index is -3.49. The summed E-state index contributed by atoms with van der Waals surface area (Å²) in [6.07, 6.45) is 1.11. The van der Waals surface area contributed by atoms with E-state index < -0.39 is 10.0 Å². The average molecular weight is 434 g/mol. The molecule has 1 fully saturated rings. The van der Waals surface area contributed by atoms with Gasteiger partial charge in [0.15, 0.2) is 0 Å². The number of likely N-dealkylation sites (tertiary alicyclic amines) is 1. The maximum absolute atomic E-state index is 12.3. The number of carbonyl (C=O) groups excluding carboxylic acids is 1. The van der Waals surface area contributed by atoms with E-state index in [2.05, 4.69) is 10.0 Å². The first kappa shape index (κ1) is 19.4. The molecule has 1 saturated heterocycles. The molecule has 1 aromatic carbocycles. The van der Waals surface area contributed by atoms with E-state index in [0.717, 1.165) is 0 Å². The highest BCUT2D eigenvalue weighted by Gasteiger charge is 2.27. The van der Waals surface area contributed by atoms with Gasteiger partial charge >= 0.3 is 6.03 Å². The molecule has 0 aliphatic carbocycles. The minimum absolute atomic E-state index is 0.184. The van der Waals surface area contributed by atoms with Crippen molar-refractivity contribution in [3.8, 4) is 0 Å². The van der Waals surface area contributed by atoms with Crippen LogP contribution < -0.4 is 10.0 Å². The number of urea groups is 1. The van der Waals surface area contributed by atoms with Gasteiger partial charge in [0.25, 0.3) is 0 Å². The van der Waals surface area contributed by atoms with Gasteiger partial charge in [-0.15, -0.1) is 11.3 Å². The molecule has 6 nitrogen and oxygen atoms in total. The van der Waals surface area contributed by atoms with Gasteiger partial charge in [-0.05, 0) is 42.5 Å². The first-order valence-corrected chi connectivity index (χ1v) is 11.0. The zero-order valence-corrected chi connectivity index (χ0v) is 16.8. The number of anilines is 1. The van der Waals surface area contributed by atoms with Crippen LogP contribution >= 0.6 is 34.5 Å². The summed E-state index contributed by atoms with van der Waals surface area (Å²) in [4.78, 5) is 14.0. The van der Waals surface area contributed by atoms with Crippen LogP contribution in [0.25, 0.3) is 0 Å². The van der Waals surface area contributed by atoms with Crippen LogP contribution in [0.1, 0.15) is 12.8 Å². The Hall–Kier alpha value is -1.32. The highest BCUT2D eigenvalue weighted by Crippen LogP contribution is 2.25. The van der Waals surface area contributed by atoms with Crippen LogP contribution in [-0.2, 0) is 10.0 Å². The number of rotatable bonds is 4. The van der Waals surface area contributed by atoms with E-state index in [4.69, 9.17) is 23.2 Å². The van der Waals surface area contributed by atoms with Crippen molar-refractivity contribution in [3.05, 3.63) is 45.8 Å². The number of hydrogen-bond acceptors (Lipinski definition) is 4. The number of carbonyl (C=O) groups is 1. The molecule has 0 saturated carbocycles. The van der Waals surface area contributed by atoms with Crippen LogP contribution in [0.2, 0.25) is 10.0 Å². The van der Waals surface area contributed by atoms with E-state index in [1.54, 1.807) is 40.6 Å². The summed E-state index contributed by atoms with van der Waals surface area (Å²) in [6, 6.07) is 7.73. The second-order valence-electron chi connectivity index (χ2n) is 5.87. The molecule has 2 aromatic rings. The number of amides is 2. The summed E-state index contributed by atoms with van der Waals surface area (Å²) in [5, 5.41) is 5.29. The lowest BCUT2D eigenvalue weighted by atomic mass is 10.1. The summed E-state index contributed by atoms with van der Waals surface area (Å²) in [5.41, 5.74) is 0.560. The van der Waals surface area contributed by atoms with Gasteiger partial charge in [0.1, 0.15) is 4.21 Å². The van der Waals surface area contributed by atoms with E-state index in [1.807, 2.05) is 0 Å². The molecule has 0 bridgehead atoms. The molecule has 2 heterocycles. The van der Waals surface area contributed by atoms with Crippen LogP contribution in [0.15, 0.2) is 39.9 Å². The van der Waals surface area contributed by atoms with E-state index in [-0.39, 0.29) is 12.1 Å². The number of sulfonamides is 1. The van der Waals surface area contributed by atoms with Gasteiger partial charge in [0.05, 0.1) is 10.0 Å². The largest absolute Gasteiger partial charge is 0.324 e. The van der Waals surface area contributed by atoms with Crippen molar-refractivity contribution in [1.82, 2.24) is 9.62 Å². The highest BCUT2D eigenvalue weighted by atomic mass is 35.5. The molecule has 1 aliphatic rings. The van der Waals surface area contributed by atoms with Gasteiger partial charge < -0.3 is 10.2 Å². The topological polar surface area (TPSA) is 78.5 Å². The monoisotopic (exact) mass is 433 g/mol. The Morgan fingerprint density at radius 3 is 2.50 bits per heavy atom. The number of nitrogens with zero attached hydrogens (tertiary/aromatic N) is 1. The smallest absolute Gasteiger partial charge is 0.321 e. The fourth-order valence-corrected chi connectivity index (χ4v) is 5.28. The van der Waals surface area contributed by atoms with Crippen LogP contribution in [-0.4, -0.2) is 38.5 Å². The number of thiophene rings is 1. The molecule has 0 radical (unpaired) electrons. The maximum atomic E-state index is 12.3. The van der Waals surface area contributed by atoms with Crippen molar-refractivity contribution in [1.29, 1.82) is 0 Å². The number of hydrogen-bond donors (Lipinski definition) is 2. The van der Waals surface area contributed by atoms with Crippen molar-refractivity contribution < 1.29 is 13.2 Å². The fourth-order valence-electron chi connectivity index (χ4n) is 2.67. The normalized spacial score (nSPS) is 15.8. The number of benzene rings is 1. The lowest BCUT2D eigenvalue weighted by Crippen LogP contribution is -2.47. The Morgan fingerprint density at radius 2 is 1.88 bits per heavy atom. The van der Waals surface area contributed by atoms with Gasteiger partial charge in [-0.1, -0.05) is 29.3 Å². The van der Waals surface area contributed by atoms with E-state index in [1.165, 1.54) is 11.3 Å². The highest BCUT2D eigenvalue weighted by molar-refractivity contribution is 7.91. The molecule has 2 N–H and O–H groups in total. The third-order valence-corrected chi connectivity index (χ3v) is 7.69. The zero-order valence-electron chi connectivity index (χ0n) is 13.6. The summed E-state index contributed by atoms with van der Waals surface area (Å²) in [5.74, 6) is 0. The zero-order chi connectivity index (χ0) is 18.7. The predicted octanol–water partition coefficient (Wildman–Crippen LogP) is 4.03. The third kappa shape index (κ3) is 4.69. The third-order valence-electron chi connectivity index (χ3n) is 4.03. The molecular formula is C16H17Cl2N3O3S2. The van der Waals surface area contributed by atoms with Gasteiger partial charge in [-0.2, -0.15) is 0 Å². The molecule has 2 amide bonds. The van der Waals surface area contributed by atoms with Gasteiger partial charge in [0.2, 0.25) is 10.0 Å². The summed E-state index contributed by atoms with van der Waals surface area (Å²) < 4.78 is 27.5. The Labute approximate surface area is 166 Å². The van der Waals surface area contributed by atoms with Crippen molar-refractivity contribution in [2.24, 2.45) is 0 Å².